The molecule has 26 heavy (non-hydrogen) atoms. The van der Waals surface area contributed by atoms with Crippen LogP contribution in [-0.2, 0) is 4.79 Å². The first-order chi connectivity index (χ1) is 12.5. The predicted molar refractivity (Wildman–Crippen MR) is 102 cm³/mol. The fraction of sp³-hybridized carbons (Fsp3) is 0.500. The van der Waals surface area contributed by atoms with Crippen molar-refractivity contribution in [2.75, 3.05) is 7.05 Å². The second-order valence-corrected chi connectivity index (χ2v) is 6.96. The van der Waals surface area contributed by atoms with Gasteiger partial charge in [-0.3, -0.25) is 9.69 Å². The maximum Gasteiger partial charge on any atom is 0.350 e. The number of phenols is 1. The molecule has 0 saturated heterocycles. The maximum absolute atomic E-state index is 12.5. The van der Waals surface area contributed by atoms with E-state index in [1.54, 1.807) is 18.2 Å². The van der Waals surface area contributed by atoms with Crippen molar-refractivity contribution < 1.29 is 14.7 Å². The van der Waals surface area contributed by atoms with E-state index in [4.69, 9.17) is 0 Å². The Morgan fingerprint density at radius 1 is 1.08 bits per heavy atom. The van der Waals surface area contributed by atoms with E-state index in [9.17, 15) is 14.7 Å². The number of unbranched alkanes of at least 4 members (excludes halogenated alkanes) is 5. The molecule has 6 heteroatoms. The van der Waals surface area contributed by atoms with E-state index in [1.165, 1.54) is 32.7 Å². The number of rotatable bonds is 7. The monoisotopic (exact) mass is 355 g/mol. The Hall–Kier alpha value is -2.50. The zero-order valence-electron chi connectivity index (χ0n) is 15.4. The molecule has 0 spiro atoms. The highest BCUT2D eigenvalue weighted by Gasteiger charge is 2.39. The van der Waals surface area contributed by atoms with Crippen LogP contribution in [0.4, 0.5) is 10.5 Å². The molecule has 2 aliphatic heterocycles. The summed E-state index contributed by atoms with van der Waals surface area (Å²) in [5.74, 6) is -0.439. The summed E-state index contributed by atoms with van der Waals surface area (Å²) in [6, 6.07) is 4.40. The van der Waals surface area contributed by atoms with Crippen LogP contribution in [0, 0.1) is 0 Å². The zero-order chi connectivity index (χ0) is 18.7. The van der Waals surface area contributed by atoms with E-state index < -0.39 is 11.9 Å². The molecule has 2 heterocycles. The molecule has 3 amide bonds. The quantitative estimate of drug-likeness (QED) is 0.738. The first-order valence-corrected chi connectivity index (χ1v) is 9.35. The van der Waals surface area contributed by atoms with E-state index in [0.717, 1.165) is 29.7 Å². The highest BCUT2D eigenvalue weighted by Crippen LogP contribution is 2.39. The number of aliphatic imine (C=N–C) groups is 2. The molecule has 1 unspecified atom stereocenters. The molecule has 1 N–H and O–H groups in total. The number of urea groups is 1. The SMILES string of the molecule is CCCCCCCCC1C2=NC(=O)N(C)C(=O)C2=Nc2ccc(O)cc21. The van der Waals surface area contributed by atoms with Gasteiger partial charge in [0.2, 0.25) is 0 Å². The van der Waals surface area contributed by atoms with Crippen LogP contribution < -0.4 is 0 Å². The van der Waals surface area contributed by atoms with Gasteiger partial charge in [0, 0.05) is 13.0 Å². The van der Waals surface area contributed by atoms with Gasteiger partial charge in [0.15, 0.2) is 5.71 Å². The van der Waals surface area contributed by atoms with Crippen molar-refractivity contribution >= 4 is 29.0 Å². The van der Waals surface area contributed by atoms with Crippen molar-refractivity contribution in [2.45, 2.75) is 57.8 Å². The number of aromatic hydroxyl groups is 1. The standard InChI is InChI=1S/C20H25N3O3/c1-3-4-5-6-7-8-9-14-15-12-13(24)10-11-16(15)21-18-17(14)22-20(26)23(2)19(18)25/h10-12,14,24H,3-9H2,1-2H3. The molecule has 3 rings (SSSR count). The lowest BCUT2D eigenvalue weighted by Gasteiger charge is -2.30. The molecular weight excluding hydrogens is 330 g/mol. The summed E-state index contributed by atoms with van der Waals surface area (Å²) in [6.45, 7) is 2.19. The molecule has 1 aromatic rings. The van der Waals surface area contributed by atoms with E-state index in [2.05, 4.69) is 16.9 Å². The topological polar surface area (TPSA) is 82.3 Å². The van der Waals surface area contributed by atoms with Crippen LogP contribution in [0.2, 0.25) is 0 Å². The summed E-state index contributed by atoms with van der Waals surface area (Å²) >= 11 is 0. The van der Waals surface area contributed by atoms with E-state index in [-0.39, 0.29) is 17.4 Å². The van der Waals surface area contributed by atoms with Crippen LogP contribution in [0.25, 0.3) is 0 Å². The Morgan fingerprint density at radius 2 is 1.81 bits per heavy atom. The van der Waals surface area contributed by atoms with Crippen molar-refractivity contribution in [1.29, 1.82) is 0 Å². The van der Waals surface area contributed by atoms with Gasteiger partial charge in [-0.1, -0.05) is 45.4 Å². The lowest BCUT2D eigenvalue weighted by Crippen LogP contribution is -2.47. The Bertz CT molecular complexity index is 783. The molecule has 1 atom stereocenters. The first-order valence-electron chi connectivity index (χ1n) is 9.35. The second kappa shape index (κ2) is 7.81. The van der Waals surface area contributed by atoms with Crippen molar-refractivity contribution in [2.24, 2.45) is 9.98 Å². The molecule has 0 bridgehead atoms. The lowest BCUT2D eigenvalue weighted by atomic mass is 9.82. The summed E-state index contributed by atoms with van der Waals surface area (Å²) in [7, 11) is 1.42. The molecule has 138 valence electrons. The molecule has 1 aromatic carbocycles. The van der Waals surface area contributed by atoms with Gasteiger partial charge in [-0.15, -0.1) is 0 Å². The summed E-state index contributed by atoms with van der Waals surface area (Å²) in [5.41, 5.74) is 2.21. The summed E-state index contributed by atoms with van der Waals surface area (Å²) in [6.07, 6.45) is 7.74. The van der Waals surface area contributed by atoms with Gasteiger partial charge >= 0.3 is 6.03 Å². The van der Waals surface area contributed by atoms with Gasteiger partial charge in [0.25, 0.3) is 5.91 Å². The number of imide groups is 1. The zero-order valence-corrected chi connectivity index (χ0v) is 15.4. The third kappa shape index (κ3) is 3.54. The number of benzene rings is 1. The Kier molecular flexibility index (Phi) is 5.49. The van der Waals surface area contributed by atoms with Crippen LogP contribution in [0.5, 0.6) is 5.75 Å². The third-order valence-electron chi connectivity index (χ3n) is 5.05. The van der Waals surface area contributed by atoms with Crippen molar-refractivity contribution in [1.82, 2.24) is 4.90 Å². The number of amides is 3. The van der Waals surface area contributed by atoms with Crippen LogP contribution in [0.1, 0.15) is 63.4 Å². The van der Waals surface area contributed by atoms with Gasteiger partial charge < -0.3 is 5.11 Å². The lowest BCUT2D eigenvalue weighted by molar-refractivity contribution is -0.120. The van der Waals surface area contributed by atoms with Crippen molar-refractivity contribution in [3.05, 3.63) is 23.8 Å². The summed E-state index contributed by atoms with van der Waals surface area (Å²) in [4.78, 5) is 34.1. The van der Waals surface area contributed by atoms with Gasteiger partial charge in [0.05, 0.1) is 11.4 Å². The van der Waals surface area contributed by atoms with Crippen LogP contribution in [0.15, 0.2) is 28.2 Å². The van der Waals surface area contributed by atoms with Crippen LogP contribution in [0.3, 0.4) is 0 Å². The van der Waals surface area contributed by atoms with E-state index >= 15 is 0 Å². The molecular formula is C20H25N3O3. The van der Waals surface area contributed by atoms with E-state index in [1.807, 2.05) is 0 Å². The number of hydrogen-bond acceptors (Lipinski definition) is 4. The summed E-state index contributed by atoms with van der Waals surface area (Å²) < 4.78 is 0. The minimum absolute atomic E-state index is 0.154. The fourth-order valence-electron chi connectivity index (χ4n) is 3.55. The van der Waals surface area contributed by atoms with Gasteiger partial charge in [-0.25, -0.2) is 9.79 Å². The van der Waals surface area contributed by atoms with Gasteiger partial charge in [-0.2, -0.15) is 4.99 Å². The normalized spacial score (nSPS) is 19.0. The van der Waals surface area contributed by atoms with E-state index in [0.29, 0.717) is 11.4 Å². The smallest absolute Gasteiger partial charge is 0.350 e. The van der Waals surface area contributed by atoms with Gasteiger partial charge in [0.1, 0.15) is 5.75 Å². The van der Waals surface area contributed by atoms with Crippen LogP contribution in [-0.4, -0.2) is 40.4 Å². The minimum atomic E-state index is -0.555. The molecule has 2 aliphatic rings. The van der Waals surface area contributed by atoms with Crippen LogP contribution >= 0.6 is 0 Å². The second-order valence-electron chi connectivity index (χ2n) is 6.96. The number of phenolic OH excluding ortho intramolecular Hbond substituents is 1. The molecule has 0 aliphatic carbocycles. The molecule has 0 fully saturated rings. The van der Waals surface area contributed by atoms with Gasteiger partial charge in [-0.05, 0) is 30.2 Å². The Morgan fingerprint density at radius 3 is 2.58 bits per heavy atom. The minimum Gasteiger partial charge on any atom is -0.508 e. The molecule has 0 aromatic heterocycles. The molecule has 0 radical (unpaired) electrons. The van der Waals surface area contributed by atoms with Crippen molar-refractivity contribution in [3.63, 3.8) is 0 Å². The first kappa shape index (κ1) is 18.3. The number of fused-ring (bicyclic) bond motifs is 2. The largest absolute Gasteiger partial charge is 0.508 e. The number of nitrogens with zero attached hydrogens (tertiary/aromatic N) is 3. The average molecular weight is 355 g/mol. The third-order valence-corrected chi connectivity index (χ3v) is 5.05. The van der Waals surface area contributed by atoms with Crippen molar-refractivity contribution in [3.8, 4) is 5.75 Å². The molecule has 6 nitrogen and oxygen atoms in total. The number of carbonyl (C=O) groups excluding carboxylic acids is 2. The fourth-order valence-corrected chi connectivity index (χ4v) is 3.55. The average Bonchev–Trinajstić information content (AvgIpc) is 2.63. The number of hydrogen-bond donors (Lipinski definition) is 1. The highest BCUT2D eigenvalue weighted by molar-refractivity contribution is 6.71. The Balaban J connectivity index is 1.87. The highest BCUT2D eigenvalue weighted by atomic mass is 16.3. The number of carbonyl (C=O) groups is 2. The maximum atomic E-state index is 12.5. The predicted octanol–water partition coefficient (Wildman–Crippen LogP) is 4.35. The summed E-state index contributed by atoms with van der Waals surface area (Å²) in [5, 5.41) is 9.89. The Labute approximate surface area is 153 Å². The molecule has 0 saturated carbocycles.